The number of nitrogens with zero attached hydrogens (tertiary/aromatic N) is 1. The molecule has 0 fully saturated rings. The van der Waals surface area contributed by atoms with E-state index in [1.165, 1.54) is 6.92 Å². The van der Waals surface area contributed by atoms with Crippen molar-refractivity contribution in [1.29, 1.82) is 0 Å². The summed E-state index contributed by atoms with van der Waals surface area (Å²) in [5.41, 5.74) is 1.05. The van der Waals surface area contributed by atoms with Crippen LogP contribution in [0.2, 0.25) is 0 Å². The number of aromatic nitrogens is 1. The maximum atomic E-state index is 12.1. The Bertz CT molecular complexity index is 390. The number of H-pyrrole nitrogens is 1. The molecule has 0 saturated carbocycles. The Morgan fingerprint density at radius 3 is 2.24 bits per heavy atom. The minimum absolute atomic E-state index is 0.0267. The number of rotatable bonds is 6. The van der Waals surface area contributed by atoms with Crippen LogP contribution < -0.4 is 0 Å². The van der Waals surface area contributed by atoms with Gasteiger partial charge in [0.2, 0.25) is 0 Å². The number of ketones is 1. The lowest BCUT2D eigenvalue weighted by atomic mass is 10.2. The molecule has 0 aliphatic rings. The maximum absolute atomic E-state index is 12.1. The monoisotopic (exact) mass is 236 g/mol. The molecule has 4 heteroatoms. The first-order valence-corrected chi connectivity index (χ1v) is 6.08. The van der Waals surface area contributed by atoms with Crippen molar-refractivity contribution in [3.05, 3.63) is 23.5 Å². The van der Waals surface area contributed by atoms with E-state index in [-0.39, 0.29) is 11.7 Å². The second kappa shape index (κ2) is 6.23. The lowest BCUT2D eigenvalue weighted by molar-refractivity contribution is 0.0750. The summed E-state index contributed by atoms with van der Waals surface area (Å²) in [4.78, 5) is 28.0. The van der Waals surface area contributed by atoms with Gasteiger partial charge < -0.3 is 9.88 Å². The molecule has 0 aliphatic carbocycles. The molecule has 1 aromatic rings. The summed E-state index contributed by atoms with van der Waals surface area (Å²) in [6, 6.07) is 1.63. The molecule has 94 valence electrons. The highest BCUT2D eigenvalue weighted by Crippen LogP contribution is 2.08. The molecule has 0 aromatic carbocycles. The summed E-state index contributed by atoms with van der Waals surface area (Å²) in [6.45, 7) is 7.09. The first kappa shape index (κ1) is 13.5. The molecule has 1 amide bonds. The highest BCUT2D eigenvalue weighted by Gasteiger charge is 2.16. The van der Waals surface area contributed by atoms with Gasteiger partial charge in [-0.25, -0.2) is 0 Å². The van der Waals surface area contributed by atoms with Crippen molar-refractivity contribution in [2.75, 3.05) is 13.1 Å². The van der Waals surface area contributed by atoms with E-state index in [4.69, 9.17) is 0 Å². The van der Waals surface area contributed by atoms with Crippen LogP contribution in [0.3, 0.4) is 0 Å². The zero-order valence-corrected chi connectivity index (χ0v) is 10.7. The Kier molecular flexibility index (Phi) is 4.94. The number of carbonyl (C=O) groups is 2. The number of Topliss-reactive ketones (excluding diaryl/α,β-unsaturated/α-hetero) is 1. The van der Waals surface area contributed by atoms with Crippen molar-refractivity contribution >= 4 is 11.7 Å². The highest BCUT2D eigenvalue weighted by atomic mass is 16.2. The van der Waals surface area contributed by atoms with Crippen LogP contribution in [0.15, 0.2) is 12.3 Å². The molecular formula is C13H20N2O2. The van der Waals surface area contributed by atoms with Gasteiger partial charge in [0.15, 0.2) is 5.78 Å². The Morgan fingerprint density at radius 1 is 1.24 bits per heavy atom. The highest BCUT2D eigenvalue weighted by molar-refractivity contribution is 5.99. The molecule has 1 rings (SSSR count). The summed E-state index contributed by atoms with van der Waals surface area (Å²) >= 11 is 0. The van der Waals surface area contributed by atoms with Crippen LogP contribution in [0.1, 0.15) is 54.5 Å². The van der Waals surface area contributed by atoms with E-state index < -0.39 is 0 Å². The Hall–Kier alpha value is -1.58. The molecule has 1 aromatic heterocycles. The normalized spacial score (nSPS) is 10.3. The van der Waals surface area contributed by atoms with Gasteiger partial charge in [0.1, 0.15) is 5.69 Å². The fraction of sp³-hybridized carbons (Fsp3) is 0.538. The minimum Gasteiger partial charge on any atom is -0.356 e. The van der Waals surface area contributed by atoms with Crippen molar-refractivity contribution in [2.24, 2.45) is 0 Å². The number of amides is 1. The third kappa shape index (κ3) is 3.44. The van der Waals surface area contributed by atoms with Crippen LogP contribution in [-0.2, 0) is 0 Å². The molecule has 1 N–H and O–H groups in total. The topological polar surface area (TPSA) is 53.2 Å². The number of carbonyl (C=O) groups excluding carboxylic acids is 2. The van der Waals surface area contributed by atoms with Crippen LogP contribution in [0, 0.1) is 0 Å². The van der Waals surface area contributed by atoms with Crippen molar-refractivity contribution in [1.82, 2.24) is 9.88 Å². The quantitative estimate of drug-likeness (QED) is 0.771. The molecule has 0 spiro atoms. The Morgan fingerprint density at radius 2 is 1.82 bits per heavy atom. The summed E-state index contributed by atoms with van der Waals surface area (Å²) in [6.07, 6.45) is 3.46. The lowest BCUT2D eigenvalue weighted by Gasteiger charge is -2.20. The van der Waals surface area contributed by atoms with E-state index >= 15 is 0 Å². The third-order valence-electron chi connectivity index (χ3n) is 2.59. The second-order valence-electron chi connectivity index (χ2n) is 4.15. The number of hydrogen-bond donors (Lipinski definition) is 1. The average molecular weight is 236 g/mol. The molecule has 0 saturated heterocycles. The summed E-state index contributed by atoms with van der Waals surface area (Å²) in [5.74, 6) is -0.0565. The predicted octanol–water partition coefficient (Wildman–Crippen LogP) is 2.48. The van der Waals surface area contributed by atoms with Crippen LogP contribution in [0.5, 0.6) is 0 Å². The van der Waals surface area contributed by atoms with Crippen LogP contribution in [-0.4, -0.2) is 34.7 Å². The zero-order valence-electron chi connectivity index (χ0n) is 10.7. The van der Waals surface area contributed by atoms with Crippen molar-refractivity contribution in [3.8, 4) is 0 Å². The molecule has 0 radical (unpaired) electrons. The van der Waals surface area contributed by atoms with Gasteiger partial charge in [0.05, 0.1) is 0 Å². The minimum atomic E-state index is -0.0298. The van der Waals surface area contributed by atoms with E-state index in [0.29, 0.717) is 11.3 Å². The summed E-state index contributed by atoms with van der Waals surface area (Å²) in [5, 5.41) is 0. The van der Waals surface area contributed by atoms with Gasteiger partial charge in [-0.3, -0.25) is 9.59 Å². The standard InChI is InChI=1S/C13H20N2O2/c1-4-6-15(7-5-2)13(17)12-8-11(9-14-12)10(3)16/h8-9,14H,4-7H2,1-3H3. The smallest absolute Gasteiger partial charge is 0.270 e. The third-order valence-corrected chi connectivity index (χ3v) is 2.59. The molecule has 0 bridgehead atoms. The van der Waals surface area contributed by atoms with Crippen LogP contribution >= 0.6 is 0 Å². The van der Waals surface area contributed by atoms with Crippen molar-refractivity contribution in [2.45, 2.75) is 33.6 Å². The largest absolute Gasteiger partial charge is 0.356 e. The van der Waals surface area contributed by atoms with E-state index in [2.05, 4.69) is 4.98 Å². The van der Waals surface area contributed by atoms with E-state index in [1.54, 1.807) is 12.3 Å². The van der Waals surface area contributed by atoms with Crippen LogP contribution in [0.25, 0.3) is 0 Å². The zero-order chi connectivity index (χ0) is 12.8. The van der Waals surface area contributed by atoms with Crippen molar-refractivity contribution in [3.63, 3.8) is 0 Å². The average Bonchev–Trinajstić information content (AvgIpc) is 2.77. The number of hydrogen-bond acceptors (Lipinski definition) is 2. The van der Waals surface area contributed by atoms with Gasteiger partial charge in [0, 0.05) is 24.8 Å². The van der Waals surface area contributed by atoms with Gasteiger partial charge in [-0.15, -0.1) is 0 Å². The van der Waals surface area contributed by atoms with E-state index in [9.17, 15) is 9.59 Å². The first-order valence-electron chi connectivity index (χ1n) is 6.08. The van der Waals surface area contributed by atoms with E-state index in [1.807, 2.05) is 18.7 Å². The Balaban J connectivity index is 2.81. The fourth-order valence-corrected chi connectivity index (χ4v) is 1.75. The molecule has 0 atom stereocenters. The summed E-state index contributed by atoms with van der Waals surface area (Å²) in [7, 11) is 0. The number of aromatic amines is 1. The van der Waals surface area contributed by atoms with Gasteiger partial charge in [0.25, 0.3) is 5.91 Å². The van der Waals surface area contributed by atoms with Crippen molar-refractivity contribution < 1.29 is 9.59 Å². The van der Waals surface area contributed by atoms with Crippen LogP contribution in [0.4, 0.5) is 0 Å². The lowest BCUT2D eigenvalue weighted by Crippen LogP contribution is -2.32. The molecule has 4 nitrogen and oxygen atoms in total. The second-order valence-corrected chi connectivity index (χ2v) is 4.15. The molecular weight excluding hydrogens is 216 g/mol. The fourth-order valence-electron chi connectivity index (χ4n) is 1.75. The van der Waals surface area contributed by atoms with E-state index in [0.717, 1.165) is 25.9 Å². The maximum Gasteiger partial charge on any atom is 0.270 e. The molecule has 1 heterocycles. The number of nitrogens with one attached hydrogen (secondary N) is 1. The predicted molar refractivity (Wildman–Crippen MR) is 67.3 cm³/mol. The first-order chi connectivity index (χ1) is 8.10. The van der Waals surface area contributed by atoms with Gasteiger partial charge in [-0.05, 0) is 25.8 Å². The molecule has 0 unspecified atom stereocenters. The van der Waals surface area contributed by atoms with Gasteiger partial charge in [-0.1, -0.05) is 13.8 Å². The SMILES string of the molecule is CCCN(CCC)C(=O)c1cc(C(C)=O)c[nH]1. The van der Waals surface area contributed by atoms with Gasteiger partial charge in [-0.2, -0.15) is 0 Å². The molecule has 17 heavy (non-hydrogen) atoms. The van der Waals surface area contributed by atoms with Gasteiger partial charge >= 0.3 is 0 Å². The summed E-state index contributed by atoms with van der Waals surface area (Å²) < 4.78 is 0. The molecule has 0 aliphatic heterocycles. The Labute approximate surface area is 102 Å².